The molecule has 0 saturated carbocycles. The summed E-state index contributed by atoms with van der Waals surface area (Å²) in [6, 6.07) is 5.82. The van der Waals surface area contributed by atoms with Gasteiger partial charge in [0.15, 0.2) is 0 Å². The number of carbonyl (C=O) groups excluding carboxylic acids is 1. The van der Waals surface area contributed by atoms with Gasteiger partial charge in [0.1, 0.15) is 11.5 Å². The fourth-order valence-electron chi connectivity index (χ4n) is 2.43. The lowest BCUT2D eigenvalue weighted by Gasteiger charge is -2.11. The van der Waals surface area contributed by atoms with Gasteiger partial charge in [0.25, 0.3) is 0 Å². The highest BCUT2D eigenvalue weighted by Gasteiger charge is 2.14. The highest BCUT2D eigenvalue weighted by atomic mass is 32.1. The zero-order valence-corrected chi connectivity index (χ0v) is 13.9. The van der Waals surface area contributed by atoms with Crippen LogP contribution >= 0.6 is 11.3 Å². The number of hydrogen-bond acceptors (Lipinski definition) is 4. The molecule has 2 aromatic heterocycles. The summed E-state index contributed by atoms with van der Waals surface area (Å²) in [5.41, 5.74) is 0.820. The van der Waals surface area contributed by atoms with E-state index in [0.717, 1.165) is 23.4 Å². The van der Waals surface area contributed by atoms with E-state index in [-0.39, 0.29) is 12.5 Å². The molecule has 0 aromatic carbocycles. The number of nitrogens with zero attached hydrogens (tertiary/aromatic N) is 2. The molecule has 0 aliphatic heterocycles. The van der Waals surface area contributed by atoms with E-state index in [1.807, 2.05) is 23.6 Å². The summed E-state index contributed by atoms with van der Waals surface area (Å²) in [5, 5.41) is 18.5. The van der Waals surface area contributed by atoms with Crippen molar-refractivity contribution in [3.63, 3.8) is 0 Å². The Bertz CT molecular complexity index is 593. The van der Waals surface area contributed by atoms with Crippen LogP contribution in [0.2, 0.25) is 0 Å². The van der Waals surface area contributed by atoms with Crippen LogP contribution in [0.3, 0.4) is 0 Å². The fraction of sp³-hybridized carbons (Fsp3) is 0.500. The van der Waals surface area contributed by atoms with Crippen molar-refractivity contribution in [1.82, 2.24) is 9.78 Å². The number of rotatable bonds is 8. The molecule has 1 amide bonds. The first-order chi connectivity index (χ1) is 10.6. The Hall–Kier alpha value is -1.66. The van der Waals surface area contributed by atoms with Crippen LogP contribution in [0, 0.1) is 5.92 Å². The van der Waals surface area contributed by atoms with Gasteiger partial charge in [-0.05, 0) is 17.4 Å². The Kier molecular flexibility index (Phi) is 6.15. The minimum absolute atomic E-state index is 0.00207. The molecular formula is C16H23N3O2S. The molecule has 22 heavy (non-hydrogen) atoms. The van der Waals surface area contributed by atoms with Crippen LogP contribution in [0.1, 0.15) is 33.1 Å². The van der Waals surface area contributed by atoms with Gasteiger partial charge in [-0.2, -0.15) is 5.10 Å². The molecule has 5 nitrogen and oxygen atoms in total. The van der Waals surface area contributed by atoms with Crippen LogP contribution < -0.4 is 5.32 Å². The van der Waals surface area contributed by atoms with Gasteiger partial charge in [-0.1, -0.05) is 32.8 Å². The molecule has 2 rings (SSSR count). The Morgan fingerprint density at radius 2 is 2.36 bits per heavy atom. The summed E-state index contributed by atoms with van der Waals surface area (Å²) in [6.07, 6.45) is 2.63. The van der Waals surface area contributed by atoms with Crippen LogP contribution in [-0.2, 0) is 11.3 Å². The van der Waals surface area contributed by atoms with Crippen molar-refractivity contribution in [1.29, 1.82) is 0 Å². The monoisotopic (exact) mass is 321 g/mol. The molecule has 0 aliphatic carbocycles. The molecule has 1 unspecified atom stereocenters. The molecule has 2 heterocycles. The Labute approximate surface area is 135 Å². The first kappa shape index (κ1) is 16.7. The highest BCUT2D eigenvalue weighted by molar-refractivity contribution is 7.13. The minimum Gasteiger partial charge on any atom is -0.394 e. The number of hydrogen-bond donors (Lipinski definition) is 2. The SMILES string of the molecule is CCCC(C)CC(=O)Nc1cc(-c2cccs2)nn1CCO. The topological polar surface area (TPSA) is 67.2 Å². The molecule has 0 aliphatic rings. The van der Waals surface area contributed by atoms with E-state index in [1.165, 1.54) is 0 Å². The van der Waals surface area contributed by atoms with E-state index < -0.39 is 0 Å². The fourth-order valence-corrected chi connectivity index (χ4v) is 3.11. The standard InChI is InChI=1S/C16H23N3O2S/c1-3-5-12(2)10-16(21)17-15-11-13(14-6-4-9-22-14)18-19(15)7-8-20/h4,6,9,11-12,20H,3,5,7-8,10H2,1-2H3,(H,17,21). The van der Waals surface area contributed by atoms with E-state index in [1.54, 1.807) is 16.0 Å². The number of aromatic nitrogens is 2. The van der Waals surface area contributed by atoms with Crippen molar-refractivity contribution < 1.29 is 9.90 Å². The normalized spacial score (nSPS) is 12.3. The van der Waals surface area contributed by atoms with Gasteiger partial charge < -0.3 is 10.4 Å². The van der Waals surface area contributed by atoms with Crippen LogP contribution in [0.4, 0.5) is 5.82 Å². The van der Waals surface area contributed by atoms with Crippen LogP contribution in [-0.4, -0.2) is 27.4 Å². The Balaban J connectivity index is 2.10. The minimum atomic E-state index is -0.0132. The molecule has 0 bridgehead atoms. The molecular weight excluding hydrogens is 298 g/mol. The number of anilines is 1. The number of thiophene rings is 1. The third-order valence-corrected chi connectivity index (χ3v) is 4.34. The first-order valence-electron chi connectivity index (χ1n) is 7.66. The summed E-state index contributed by atoms with van der Waals surface area (Å²) < 4.78 is 1.65. The van der Waals surface area contributed by atoms with Crippen LogP contribution in [0.25, 0.3) is 10.6 Å². The van der Waals surface area contributed by atoms with E-state index in [4.69, 9.17) is 5.11 Å². The lowest BCUT2D eigenvalue weighted by Crippen LogP contribution is -2.18. The van der Waals surface area contributed by atoms with Gasteiger partial charge in [0.05, 0.1) is 18.0 Å². The molecule has 0 radical (unpaired) electrons. The predicted molar refractivity (Wildman–Crippen MR) is 89.9 cm³/mol. The first-order valence-corrected chi connectivity index (χ1v) is 8.54. The van der Waals surface area contributed by atoms with Gasteiger partial charge in [-0.15, -0.1) is 11.3 Å². The van der Waals surface area contributed by atoms with Crippen molar-refractivity contribution in [2.24, 2.45) is 5.92 Å². The van der Waals surface area contributed by atoms with Gasteiger partial charge >= 0.3 is 0 Å². The molecule has 6 heteroatoms. The highest BCUT2D eigenvalue weighted by Crippen LogP contribution is 2.26. The molecule has 1 atom stereocenters. The summed E-state index contributed by atoms with van der Waals surface area (Å²) in [5.74, 6) is 1.01. The zero-order valence-electron chi connectivity index (χ0n) is 13.1. The number of nitrogens with one attached hydrogen (secondary N) is 1. The van der Waals surface area contributed by atoms with Gasteiger partial charge in [-0.3, -0.25) is 4.79 Å². The second kappa shape index (κ2) is 8.10. The number of carbonyl (C=O) groups is 1. The summed E-state index contributed by atoms with van der Waals surface area (Å²) in [7, 11) is 0. The van der Waals surface area contributed by atoms with E-state index in [9.17, 15) is 4.79 Å². The van der Waals surface area contributed by atoms with Crippen molar-refractivity contribution in [3.05, 3.63) is 23.6 Å². The van der Waals surface area contributed by atoms with Crippen LogP contribution in [0.5, 0.6) is 0 Å². The maximum Gasteiger partial charge on any atom is 0.225 e. The van der Waals surface area contributed by atoms with Crippen molar-refractivity contribution >= 4 is 23.1 Å². The van der Waals surface area contributed by atoms with E-state index in [2.05, 4.69) is 24.3 Å². The van der Waals surface area contributed by atoms with Crippen molar-refractivity contribution in [2.75, 3.05) is 11.9 Å². The summed E-state index contributed by atoms with van der Waals surface area (Å²) >= 11 is 1.60. The van der Waals surface area contributed by atoms with Gasteiger partial charge in [-0.25, -0.2) is 4.68 Å². The molecule has 120 valence electrons. The lowest BCUT2D eigenvalue weighted by atomic mass is 10.0. The lowest BCUT2D eigenvalue weighted by molar-refractivity contribution is -0.117. The summed E-state index contributed by atoms with van der Waals surface area (Å²) in [4.78, 5) is 13.2. The van der Waals surface area contributed by atoms with Crippen molar-refractivity contribution in [3.8, 4) is 10.6 Å². The molecule has 2 aromatic rings. The second-order valence-corrected chi connectivity index (χ2v) is 6.43. The van der Waals surface area contributed by atoms with E-state index in [0.29, 0.717) is 24.7 Å². The average Bonchev–Trinajstić information content (AvgIpc) is 3.09. The Morgan fingerprint density at radius 1 is 1.55 bits per heavy atom. The van der Waals surface area contributed by atoms with Crippen LogP contribution in [0.15, 0.2) is 23.6 Å². The number of aliphatic hydroxyl groups excluding tert-OH is 1. The largest absolute Gasteiger partial charge is 0.394 e. The second-order valence-electron chi connectivity index (χ2n) is 5.49. The predicted octanol–water partition coefficient (Wildman–Crippen LogP) is 3.37. The zero-order chi connectivity index (χ0) is 15.9. The summed E-state index contributed by atoms with van der Waals surface area (Å²) in [6.45, 7) is 4.56. The van der Waals surface area contributed by atoms with Gasteiger partial charge in [0, 0.05) is 12.5 Å². The number of amides is 1. The maximum atomic E-state index is 12.1. The van der Waals surface area contributed by atoms with Crippen molar-refractivity contribution in [2.45, 2.75) is 39.7 Å². The third kappa shape index (κ3) is 4.42. The third-order valence-electron chi connectivity index (χ3n) is 3.45. The molecule has 0 spiro atoms. The van der Waals surface area contributed by atoms with Gasteiger partial charge in [0.2, 0.25) is 5.91 Å². The molecule has 0 saturated heterocycles. The molecule has 0 fully saturated rings. The quantitative estimate of drug-likeness (QED) is 0.783. The Morgan fingerprint density at radius 3 is 3.00 bits per heavy atom. The smallest absolute Gasteiger partial charge is 0.225 e. The number of aliphatic hydroxyl groups is 1. The van der Waals surface area contributed by atoms with E-state index >= 15 is 0 Å². The molecule has 2 N–H and O–H groups in total. The maximum absolute atomic E-state index is 12.1. The average molecular weight is 321 g/mol.